The van der Waals surface area contributed by atoms with Crippen molar-refractivity contribution in [3.8, 4) is 0 Å². The van der Waals surface area contributed by atoms with Crippen LogP contribution in [0.5, 0.6) is 0 Å². The van der Waals surface area contributed by atoms with Crippen molar-refractivity contribution in [2.45, 2.75) is 12.5 Å². The fraction of sp³-hybridized carbons (Fsp3) is 1.00. The molecule has 0 aliphatic heterocycles. The van der Waals surface area contributed by atoms with E-state index in [0.717, 1.165) is 0 Å². The van der Waals surface area contributed by atoms with Crippen LogP contribution in [0.3, 0.4) is 0 Å². The third kappa shape index (κ3) is 7.25. The lowest BCUT2D eigenvalue weighted by atomic mass is 10.3. The van der Waals surface area contributed by atoms with Gasteiger partial charge in [-0.25, -0.2) is 0 Å². The van der Waals surface area contributed by atoms with Crippen molar-refractivity contribution in [1.82, 2.24) is 0 Å². The van der Waals surface area contributed by atoms with Crippen LogP contribution in [0.1, 0.15) is 6.42 Å². The minimum absolute atomic E-state index is 0.259. The third-order valence-corrected chi connectivity index (χ3v) is 1.49. The Morgan fingerprint density at radius 3 is 2.31 bits per heavy atom. The summed E-state index contributed by atoms with van der Waals surface area (Å²) in [5, 5.41) is 18.0. The first-order chi connectivity index (χ1) is 6.06. The van der Waals surface area contributed by atoms with Crippen molar-refractivity contribution in [1.29, 1.82) is 0 Å². The van der Waals surface area contributed by atoms with Crippen LogP contribution in [0, 0.1) is 20.2 Å². The zero-order valence-corrected chi connectivity index (χ0v) is 8.01. The van der Waals surface area contributed by atoms with Crippen LogP contribution >= 0.6 is 15.9 Å². The molecule has 0 amide bonds. The first-order valence-corrected chi connectivity index (χ1v) is 4.33. The summed E-state index contributed by atoms with van der Waals surface area (Å²) in [6.07, 6.45) is -0.658. The number of hydrogen-bond donors (Lipinski definition) is 0. The highest BCUT2D eigenvalue weighted by molar-refractivity contribution is 9.09. The summed E-state index contributed by atoms with van der Waals surface area (Å²) in [6, 6.07) is 0. The molecular weight excluding hydrogens is 252 g/mol. The molecule has 1 atom stereocenters. The molecule has 0 aromatic rings. The van der Waals surface area contributed by atoms with Crippen molar-refractivity contribution in [2.24, 2.45) is 0 Å². The quantitative estimate of drug-likeness (QED) is 0.375. The monoisotopic (exact) mass is 258 g/mol. The van der Waals surface area contributed by atoms with Gasteiger partial charge in [0.25, 0.3) is 10.2 Å². The molecule has 0 N–H and O–H groups in total. The predicted molar refractivity (Wildman–Crippen MR) is 43.2 cm³/mol. The molecule has 9 heteroatoms. The van der Waals surface area contributed by atoms with Crippen molar-refractivity contribution in [3.63, 3.8) is 0 Å². The molecule has 8 nitrogen and oxygen atoms in total. The van der Waals surface area contributed by atoms with Gasteiger partial charge in [-0.1, -0.05) is 15.9 Å². The molecule has 13 heavy (non-hydrogen) atoms. The molecule has 1 unspecified atom stereocenters. The molecule has 0 radical (unpaired) electrons. The van der Waals surface area contributed by atoms with Crippen molar-refractivity contribution < 1.29 is 19.8 Å². The minimum atomic E-state index is -1.02. The highest BCUT2D eigenvalue weighted by Crippen LogP contribution is 2.02. The predicted octanol–water partition coefficient (Wildman–Crippen LogP) is 0.557. The van der Waals surface area contributed by atoms with Crippen molar-refractivity contribution in [2.75, 3.05) is 11.9 Å². The standard InChI is InChI=1S/C4H7BrN2O6/c5-2-1-4(13-7(10)11)3-12-6(8)9/h4H,1-3H2. The Bertz CT molecular complexity index is 187. The number of hydrogen-bond acceptors (Lipinski definition) is 6. The second kappa shape index (κ2) is 6.40. The van der Waals surface area contributed by atoms with Gasteiger partial charge in [-0.2, -0.15) is 0 Å². The Labute approximate surface area is 81.1 Å². The van der Waals surface area contributed by atoms with Crippen molar-refractivity contribution in [3.05, 3.63) is 20.2 Å². The van der Waals surface area contributed by atoms with E-state index in [1.165, 1.54) is 0 Å². The van der Waals surface area contributed by atoms with Crippen LogP contribution in [0.4, 0.5) is 0 Å². The van der Waals surface area contributed by atoms with E-state index in [-0.39, 0.29) is 6.42 Å². The highest BCUT2D eigenvalue weighted by Gasteiger charge is 2.14. The Balaban J connectivity index is 3.79. The average Bonchev–Trinajstić information content (AvgIpc) is 1.99. The number of nitrogens with zero attached hydrogens (tertiary/aromatic N) is 2. The molecule has 0 spiro atoms. The summed E-state index contributed by atoms with van der Waals surface area (Å²) in [5.41, 5.74) is 0. The molecule has 0 aromatic heterocycles. The van der Waals surface area contributed by atoms with E-state index in [1.54, 1.807) is 0 Å². The maximum atomic E-state index is 9.87. The van der Waals surface area contributed by atoms with E-state index < -0.39 is 22.9 Å². The van der Waals surface area contributed by atoms with Crippen LogP contribution in [0.25, 0.3) is 0 Å². The van der Waals surface area contributed by atoms with Crippen LogP contribution in [-0.4, -0.2) is 28.2 Å². The van der Waals surface area contributed by atoms with E-state index in [2.05, 4.69) is 25.6 Å². The first kappa shape index (κ1) is 11.9. The lowest BCUT2D eigenvalue weighted by Crippen LogP contribution is -2.24. The Morgan fingerprint density at radius 1 is 1.31 bits per heavy atom. The van der Waals surface area contributed by atoms with E-state index in [9.17, 15) is 20.2 Å². The molecule has 0 heterocycles. The molecule has 76 valence electrons. The summed E-state index contributed by atoms with van der Waals surface area (Å²) < 4.78 is 0. The van der Waals surface area contributed by atoms with Gasteiger partial charge in [0, 0.05) is 5.33 Å². The zero-order valence-electron chi connectivity index (χ0n) is 6.42. The fourth-order valence-corrected chi connectivity index (χ4v) is 1.06. The molecule has 0 aromatic carbocycles. The van der Waals surface area contributed by atoms with Gasteiger partial charge >= 0.3 is 0 Å². The van der Waals surface area contributed by atoms with Gasteiger partial charge in [0.15, 0.2) is 0 Å². The topological polar surface area (TPSA) is 105 Å². The van der Waals surface area contributed by atoms with Gasteiger partial charge in [-0.15, -0.1) is 20.2 Å². The molecule has 0 aliphatic carbocycles. The van der Waals surface area contributed by atoms with Gasteiger partial charge in [0.2, 0.25) is 0 Å². The number of halogens is 1. The third-order valence-electron chi connectivity index (χ3n) is 1.03. The molecule has 0 rings (SSSR count). The number of alkyl halides is 1. The summed E-state index contributed by atoms with van der Waals surface area (Å²) >= 11 is 3.02. The summed E-state index contributed by atoms with van der Waals surface area (Å²) in [5.74, 6) is 0. The maximum absolute atomic E-state index is 9.87. The van der Waals surface area contributed by atoms with Crippen LogP contribution in [0.15, 0.2) is 0 Å². The fourth-order valence-electron chi connectivity index (χ4n) is 0.554. The zero-order chi connectivity index (χ0) is 10.3. The Kier molecular flexibility index (Phi) is 5.85. The Morgan fingerprint density at radius 2 is 1.92 bits per heavy atom. The molecule has 0 bridgehead atoms. The normalized spacial score (nSPS) is 11.8. The Hall–Kier alpha value is -1.12. The van der Waals surface area contributed by atoms with E-state index in [1.807, 2.05) is 0 Å². The highest BCUT2D eigenvalue weighted by atomic mass is 79.9. The largest absolute Gasteiger partial charge is 0.312 e. The van der Waals surface area contributed by atoms with Gasteiger partial charge in [-0.05, 0) is 6.42 Å². The second-order valence-electron chi connectivity index (χ2n) is 1.95. The van der Waals surface area contributed by atoms with Crippen molar-refractivity contribution >= 4 is 15.9 Å². The van der Waals surface area contributed by atoms with Crippen LogP contribution in [0.2, 0.25) is 0 Å². The lowest BCUT2D eigenvalue weighted by molar-refractivity contribution is -0.790. The first-order valence-electron chi connectivity index (χ1n) is 3.20. The molecule has 0 aliphatic rings. The maximum Gasteiger partial charge on any atom is 0.294 e. The van der Waals surface area contributed by atoms with E-state index in [0.29, 0.717) is 5.33 Å². The van der Waals surface area contributed by atoms with Gasteiger partial charge in [0.05, 0.1) is 0 Å². The molecule has 0 saturated heterocycles. The van der Waals surface area contributed by atoms with Crippen LogP contribution in [-0.2, 0) is 9.68 Å². The summed E-state index contributed by atoms with van der Waals surface area (Å²) in [4.78, 5) is 27.6. The molecule has 0 fully saturated rings. The molecular formula is C4H7BrN2O6. The summed E-state index contributed by atoms with van der Waals surface area (Å²) in [6.45, 7) is -0.445. The number of rotatable bonds is 7. The van der Waals surface area contributed by atoms with Gasteiger partial charge < -0.3 is 9.68 Å². The van der Waals surface area contributed by atoms with Gasteiger partial charge in [0.1, 0.15) is 12.7 Å². The average molecular weight is 259 g/mol. The van der Waals surface area contributed by atoms with Gasteiger partial charge in [-0.3, -0.25) is 0 Å². The van der Waals surface area contributed by atoms with E-state index >= 15 is 0 Å². The minimum Gasteiger partial charge on any atom is -0.312 e. The molecule has 0 saturated carbocycles. The second-order valence-corrected chi connectivity index (χ2v) is 2.74. The SMILES string of the molecule is O=[N+]([O-])OCC(CCBr)O[N+](=O)[O-]. The lowest BCUT2D eigenvalue weighted by Gasteiger charge is -2.11. The van der Waals surface area contributed by atoms with E-state index in [4.69, 9.17) is 0 Å². The smallest absolute Gasteiger partial charge is 0.294 e. The summed E-state index contributed by atoms with van der Waals surface area (Å²) in [7, 11) is 0. The van der Waals surface area contributed by atoms with Crippen LogP contribution < -0.4 is 0 Å².